The number of ether oxygens (including phenoxy) is 2. The molecule has 0 spiro atoms. The van der Waals surface area contributed by atoms with Crippen LogP contribution in [0.2, 0.25) is 10.0 Å². The molecule has 0 aliphatic carbocycles. The minimum atomic E-state index is -0.947. The van der Waals surface area contributed by atoms with Crippen molar-refractivity contribution in [1.29, 1.82) is 0 Å². The summed E-state index contributed by atoms with van der Waals surface area (Å²) in [6.07, 6.45) is 4.28. The molecule has 0 saturated carbocycles. The van der Waals surface area contributed by atoms with Crippen LogP contribution in [0, 0.1) is 22.5 Å². The molecule has 4 aliphatic heterocycles. The van der Waals surface area contributed by atoms with E-state index in [1.807, 2.05) is 0 Å². The van der Waals surface area contributed by atoms with Gasteiger partial charge in [-0.15, -0.1) is 0 Å². The third kappa shape index (κ3) is 7.50. The van der Waals surface area contributed by atoms with Crippen LogP contribution in [0.1, 0.15) is 92.4 Å². The first kappa shape index (κ1) is 42.7. The number of benzene rings is 2. The van der Waals surface area contributed by atoms with Crippen molar-refractivity contribution >= 4 is 46.6 Å². The lowest BCUT2D eigenvalue weighted by Gasteiger charge is -2.44. The number of aromatic hydroxyl groups is 2. The zero-order valence-electron chi connectivity index (χ0n) is 32.4. The topological polar surface area (TPSA) is 195 Å². The molecule has 60 heavy (non-hydrogen) atoms. The quantitative estimate of drug-likeness (QED) is 0.197. The number of ketones is 2. The van der Waals surface area contributed by atoms with E-state index in [2.05, 4.69) is 10.6 Å². The van der Waals surface area contributed by atoms with Crippen LogP contribution in [0.15, 0.2) is 58.4 Å². The van der Waals surface area contributed by atoms with Gasteiger partial charge in [-0.05, 0) is 51.7 Å². The first-order chi connectivity index (χ1) is 28.5. The molecule has 0 unspecified atom stereocenters. The second-order valence-corrected chi connectivity index (χ2v) is 16.5. The van der Waals surface area contributed by atoms with Gasteiger partial charge < -0.3 is 39.5 Å². The number of hydrogen-bond donors (Lipinski definition) is 4. The Labute approximate surface area is 351 Å². The molecule has 0 radical (unpaired) electrons. The van der Waals surface area contributed by atoms with Crippen LogP contribution >= 0.6 is 23.2 Å². The summed E-state index contributed by atoms with van der Waals surface area (Å²) in [5.74, 6) is -5.18. The van der Waals surface area contributed by atoms with Gasteiger partial charge in [0.05, 0.1) is 46.2 Å². The molecule has 18 heteroatoms. The van der Waals surface area contributed by atoms with E-state index < -0.39 is 68.8 Å². The van der Waals surface area contributed by atoms with Gasteiger partial charge in [0.15, 0.2) is 23.1 Å². The fourth-order valence-corrected chi connectivity index (χ4v) is 8.63. The van der Waals surface area contributed by atoms with E-state index in [0.717, 1.165) is 0 Å². The highest BCUT2D eigenvalue weighted by Crippen LogP contribution is 2.44. The summed E-state index contributed by atoms with van der Waals surface area (Å²) in [7, 11) is 0. The van der Waals surface area contributed by atoms with Gasteiger partial charge in [0, 0.05) is 49.8 Å². The Morgan fingerprint density at radius 2 is 1.10 bits per heavy atom. The average Bonchev–Trinajstić information content (AvgIpc) is 3.22. The maximum absolute atomic E-state index is 14.0. The number of nitrogens with zero attached hydrogens (tertiary/aromatic N) is 2. The average molecular weight is 870 g/mol. The first-order valence-corrected chi connectivity index (χ1v) is 19.9. The molecule has 4 aliphatic rings. The molecule has 8 rings (SSSR count). The van der Waals surface area contributed by atoms with Crippen LogP contribution in [0.25, 0.3) is 0 Å². The summed E-state index contributed by atoms with van der Waals surface area (Å²) in [6, 6.07) is 8.76. The van der Waals surface area contributed by atoms with Gasteiger partial charge in [-0.1, -0.05) is 47.5 Å². The summed E-state index contributed by atoms with van der Waals surface area (Å²) in [5.41, 5.74) is -4.14. The van der Waals surface area contributed by atoms with E-state index in [1.54, 1.807) is 26.0 Å². The van der Waals surface area contributed by atoms with E-state index in [9.17, 15) is 47.8 Å². The Balaban J connectivity index is 0.000000181. The van der Waals surface area contributed by atoms with Crippen molar-refractivity contribution in [3.63, 3.8) is 0 Å². The summed E-state index contributed by atoms with van der Waals surface area (Å²) < 4.78 is 42.3. The third-order valence-electron chi connectivity index (χ3n) is 11.9. The summed E-state index contributed by atoms with van der Waals surface area (Å²) in [6.45, 7) is 4.65. The van der Waals surface area contributed by atoms with Crippen molar-refractivity contribution in [3.05, 3.63) is 125 Å². The smallest absolute Gasteiger partial charge is 0.257 e. The molecule has 4 atom stereocenters. The van der Waals surface area contributed by atoms with E-state index in [1.165, 1.54) is 45.8 Å². The van der Waals surface area contributed by atoms with E-state index in [0.29, 0.717) is 38.9 Å². The lowest BCUT2D eigenvalue weighted by molar-refractivity contribution is -0.0742. The monoisotopic (exact) mass is 868 g/mol. The van der Waals surface area contributed by atoms with Crippen molar-refractivity contribution in [3.8, 4) is 11.5 Å². The van der Waals surface area contributed by atoms with E-state index in [4.69, 9.17) is 32.7 Å². The highest BCUT2D eigenvalue weighted by atomic mass is 35.5. The number of nitrogens with one attached hydrogen (secondary N) is 2. The van der Waals surface area contributed by atoms with Gasteiger partial charge in [0.1, 0.15) is 34.1 Å². The van der Waals surface area contributed by atoms with Gasteiger partial charge in [0.2, 0.25) is 10.9 Å². The number of Topliss-reactive ketones (excluding diaryl/α,β-unsaturated/α-hetero) is 2. The number of carbonyl (C=O) groups excluding carboxylic acids is 4. The van der Waals surface area contributed by atoms with Crippen LogP contribution in [0.3, 0.4) is 0 Å². The Morgan fingerprint density at radius 3 is 1.48 bits per heavy atom. The Kier molecular flexibility index (Phi) is 11.8. The minimum Gasteiger partial charge on any atom is -0.503 e. The van der Waals surface area contributed by atoms with Crippen LogP contribution < -0.4 is 21.5 Å². The Hall–Kier alpha value is -5.42. The van der Waals surface area contributed by atoms with Crippen molar-refractivity contribution < 1.29 is 47.6 Å². The molecular weight excluding hydrogens is 829 g/mol. The maximum Gasteiger partial charge on any atom is 0.257 e. The molecule has 4 aromatic rings. The maximum atomic E-state index is 14.0. The number of fused-ring (bicyclic) bond motifs is 4. The molecule has 4 N–H and O–H groups in total. The normalized spacial score (nSPS) is 22.9. The van der Waals surface area contributed by atoms with Crippen LogP contribution in [-0.4, -0.2) is 68.1 Å². The standard InChI is InChI=1S/2C21H20ClFN2O5/c2*1-21-6-3-7-30-14(21)10-25-9-12(17(26)18(27)16(25)19(21)28)20(29)24-8-11-4-2-5-13(22)15(11)23/h2*2,4-5,9,14,27H,3,6-8,10H2,1H3,(H,24,29)/t2*14-,21+/m11/s1. The van der Waals surface area contributed by atoms with Crippen molar-refractivity contribution in [2.75, 3.05) is 13.2 Å². The molecule has 316 valence electrons. The molecule has 2 amide bonds. The molecule has 2 aromatic carbocycles. The Morgan fingerprint density at radius 1 is 0.717 bits per heavy atom. The van der Waals surface area contributed by atoms with Gasteiger partial charge in [0.25, 0.3) is 11.8 Å². The number of carbonyl (C=O) groups is 4. The molecule has 2 aromatic heterocycles. The highest BCUT2D eigenvalue weighted by molar-refractivity contribution is 6.31. The fraction of sp³-hybridized carbons (Fsp3) is 0.381. The van der Waals surface area contributed by atoms with Crippen molar-refractivity contribution in [2.45, 2.75) is 77.9 Å². The summed E-state index contributed by atoms with van der Waals surface area (Å²) >= 11 is 11.5. The second kappa shape index (κ2) is 16.6. The third-order valence-corrected chi connectivity index (χ3v) is 12.5. The van der Waals surface area contributed by atoms with Crippen LogP contribution in [0.5, 0.6) is 11.5 Å². The largest absolute Gasteiger partial charge is 0.503 e. The molecule has 14 nitrogen and oxygen atoms in total. The Bertz CT molecular complexity index is 2410. The number of aromatic nitrogens is 2. The lowest BCUT2D eigenvalue weighted by Crippen LogP contribution is -2.52. The number of amides is 2. The summed E-state index contributed by atoms with van der Waals surface area (Å²) in [5, 5.41) is 25.7. The molecule has 2 fully saturated rings. The van der Waals surface area contributed by atoms with Gasteiger partial charge in [-0.25, -0.2) is 8.78 Å². The van der Waals surface area contributed by atoms with Crippen LogP contribution in [0.4, 0.5) is 8.78 Å². The summed E-state index contributed by atoms with van der Waals surface area (Å²) in [4.78, 5) is 76.5. The van der Waals surface area contributed by atoms with Crippen LogP contribution in [-0.2, 0) is 35.7 Å². The predicted molar refractivity (Wildman–Crippen MR) is 213 cm³/mol. The van der Waals surface area contributed by atoms with Gasteiger partial charge in [-0.3, -0.25) is 28.8 Å². The number of halogens is 4. The van der Waals surface area contributed by atoms with Gasteiger partial charge >= 0.3 is 0 Å². The van der Waals surface area contributed by atoms with Gasteiger partial charge in [-0.2, -0.15) is 0 Å². The zero-order chi connectivity index (χ0) is 43.3. The minimum absolute atomic E-state index is 0.0812. The van der Waals surface area contributed by atoms with Crippen molar-refractivity contribution in [1.82, 2.24) is 19.8 Å². The molecule has 0 bridgehead atoms. The highest BCUT2D eigenvalue weighted by Gasteiger charge is 2.51. The number of rotatable bonds is 6. The van der Waals surface area contributed by atoms with E-state index >= 15 is 0 Å². The number of pyridine rings is 2. The lowest BCUT2D eigenvalue weighted by atomic mass is 9.71. The predicted octanol–water partition coefficient (Wildman–Crippen LogP) is 5.32. The zero-order valence-corrected chi connectivity index (χ0v) is 33.9. The second-order valence-electron chi connectivity index (χ2n) is 15.7. The SMILES string of the molecule is C[C@]12CCCO[C@@H]1Cn1cc(C(=O)NCc3cccc(Cl)c3F)c(=O)c(O)c1C2=O.C[C@]12CCCO[C@@H]1Cn1cc(C(=O)NCc3cccc(Cl)c3F)c(=O)c(O)c1C2=O. The molecular formula is C42H40Cl2F2N4O10. The van der Waals surface area contributed by atoms with Crippen molar-refractivity contribution in [2.24, 2.45) is 10.8 Å². The fourth-order valence-electron chi connectivity index (χ4n) is 8.25. The molecule has 6 heterocycles. The molecule has 2 saturated heterocycles. The van der Waals surface area contributed by atoms with E-state index in [-0.39, 0.29) is 81.4 Å². The number of hydrogen-bond acceptors (Lipinski definition) is 10. The first-order valence-electron chi connectivity index (χ1n) is 19.2.